The molecule has 0 aliphatic heterocycles. The Bertz CT molecular complexity index is 2440. The number of nitrogens with two attached hydrogens (primary N) is 4. The van der Waals surface area contributed by atoms with Gasteiger partial charge in [-0.15, -0.1) is 0 Å². The lowest BCUT2D eigenvalue weighted by atomic mass is 9.97. The Kier molecular flexibility index (Phi) is 35.4. The molecule has 0 saturated heterocycles. The van der Waals surface area contributed by atoms with Crippen LogP contribution in [0.4, 0.5) is 0 Å². The Morgan fingerprint density at radius 2 is 0.909 bits per heavy atom. The van der Waals surface area contributed by atoms with Crippen molar-refractivity contribution in [2.75, 3.05) is 13.1 Å². The first kappa shape index (κ1) is 78.7. The summed E-state index contributed by atoms with van der Waals surface area (Å²) < 4.78 is 0. The van der Waals surface area contributed by atoms with Gasteiger partial charge in [0.25, 0.3) is 0 Å². The fourth-order valence-corrected chi connectivity index (χ4v) is 9.07. The molecule has 0 radical (unpaired) electrons. The summed E-state index contributed by atoms with van der Waals surface area (Å²) in [5.41, 5.74) is 21.5. The van der Waals surface area contributed by atoms with E-state index in [1.165, 1.54) is 40.2 Å². The van der Waals surface area contributed by atoms with Crippen molar-refractivity contribution in [3.63, 3.8) is 0 Å². The highest BCUT2D eigenvalue weighted by molar-refractivity contribution is 6.00. The van der Waals surface area contributed by atoms with Crippen molar-refractivity contribution in [1.82, 2.24) is 63.1 Å². The number of imidazole rings is 1. The van der Waals surface area contributed by atoms with Gasteiger partial charge in [0.2, 0.25) is 65.0 Å². The average molecular weight is 1250 g/mol. The van der Waals surface area contributed by atoms with E-state index in [1.54, 1.807) is 41.5 Å². The van der Waals surface area contributed by atoms with Crippen molar-refractivity contribution in [1.29, 1.82) is 0 Å². The highest BCUT2D eigenvalue weighted by Gasteiger charge is 2.39. The van der Waals surface area contributed by atoms with Gasteiger partial charge in [0.1, 0.15) is 59.9 Å². The van der Waals surface area contributed by atoms with Crippen LogP contribution in [0.1, 0.15) is 166 Å². The highest BCUT2D eigenvalue weighted by atomic mass is 16.4. The van der Waals surface area contributed by atoms with Gasteiger partial charge >= 0.3 is 5.97 Å². The molecular formula is C58H104N16O14. The zero-order chi connectivity index (χ0) is 67.2. The molecule has 11 amide bonds. The molecule has 30 heteroatoms. The maximum atomic E-state index is 14.4. The van der Waals surface area contributed by atoms with Gasteiger partial charge in [-0.05, 0) is 135 Å². The number of hydrogen-bond acceptors (Lipinski definition) is 17. The predicted molar refractivity (Wildman–Crippen MR) is 327 cm³/mol. The van der Waals surface area contributed by atoms with Crippen LogP contribution in [0.3, 0.4) is 0 Å². The number of H-pyrrole nitrogens is 1. The van der Waals surface area contributed by atoms with Crippen molar-refractivity contribution in [3.05, 3.63) is 18.2 Å². The number of aliphatic carboxylic acids is 1. The molecule has 1 aromatic heterocycles. The Morgan fingerprint density at radius 1 is 0.511 bits per heavy atom. The number of carboxylic acids is 1. The third-order valence-electron chi connectivity index (χ3n) is 14.0. The number of aliphatic hydroxyl groups is 1. The number of aliphatic hydroxyl groups excluding tert-OH is 1. The number of nitrogens with one attached hydrogen (secondary N) is 11. The van der Waals surface area contributed by atoms with Gasteiger partial charge < -0.3 is 91.3 Å². The van der Waals surface area contributed by atoms with E-state index in [-0.39, 0.29) is 88.1 Å². The van der Waals surface area contributed by atoms with Crippen LogP contribution in [-0.2, 0) is 64.0 Å². The molecule has 30 nitrogen and oxygen atoms in total. The first-order chi connectivity index (χ1) is 41.0. The van der Waals surface area contributed by atoms with Crippen LogP contribution in [0.5, 0.6) is 0 Å². The van der Waals surface area contributed by atoms with E-state index >= 15 is 0 Å². The normalized spacial score (nSPS) is 15.4. The van der Waals surface area contributed by atoms with Crippen molar-refractivity contribution >= 4 is 70.9 Å². The summed E-state index contributed by atoms with van der Waals surface area (Å²) in [6, 6.07) is -13.0. The van der Waals surface area contributed by atoms with Crippen molar-refractivity contribution < 1.29 is 67.7 Å². The summed E-state index contributed by atoms with van der Waals surface area (Å²) in [4.78, 5) is 170. The van der Waals surface area contributed by atoms with Crippen LogP contribution >= 0.6 is 0 Å². The summed E-state index contributed by atoms with van der Waals surface area (Å²) in [5.74, 6) is -10.9. The van der Waals surface area contributed by atoms with Gasteiger partial charge in [0.15, 0.2) is 0 Å². The van der Waals surface area contributed by atoms with Crippen LogP contribution in [0, 0.1) is 23.7 Å². The van der Waals surface area contributed by atoms with Gasteiger partial charge in [-0.3, -0.25) is 57.5 Å². The van der Waals surface area contributed by atoms with E-state index in [0.29, 0.717) is 31.4 Å². The average Bonchev–Trinajstić information content (AvgIpc) is 4.12. The summed E-state index contributed by atoms with van der Waals surface area (Å²) in [6.07, 6.45) is 2.34. The number of unbranched alkanes of at least 4 members (excludes halogenated alkanes) is 2. The standard InChI is InChI=1S/C58H104N16O14/c1-30(2)23-37(61)48(79)66-40(19-20-45(76)77)51(82)67-38(17-13-15-21-59)49(80)68-41(24-31(3)4)52(83)70-43(26-33(7)8)55(86)74-58(11,12)57(88)72-39(18-14-16-22-60)50(81)69-42(25-32(5)6)53(84)71-44(27-36-28-63-29-64-36)54(85)73-46(35(10)75)56(87)65-34(9)47(62)78/h28-35,37-44,46,75H,13-27,59-61H2,1-12H3,(H2,62,78)(H,63,64)(H,65,87)(H,66,79)(H,67,82)(H,68,80)(H,69,81)(H,70,83)(H,71,84)(H,72,88)(H,73,85)(H,74,86)(H,76,77)/t34-,35+,37-,38-,39-,40-,41-,42-,43-,44-,46-/m0/s1. The molecule has 0 fully saturated rings. The molecule has 88 heavy (non-hydrogen) atoms. The topological polar surface area (TPSA) is 498 Å². The number of rotatable bonds is 43. The smallest absolute Gasteiger partial charge is 0.303 e. The fraction of sp³-hybridized carbons (Fsp3) is 0.741. The van der Waals surface area contributed by atoms with Crippen LogP contribution in [0.25, 0.3) is 0 Å². The molecule has 0 saturated carbocycles. The SMILES string of the molecule is CC(C)C[C@H](NC(=O)[C@H](CCCCN)NC(=O)[C@H](CCC(=O)O)NC(=O)[C@@H](N)CC(C)C)C(=O)N[C@@H](CC(C)C)C(=O)NC(C)(C)C(=O)N[C@@H](CCCCN)C(=O)N[C@@H](CC(C)C)C(=O)N[C@@H](Cc1cnc[nH]1)C(=O)N[C@H](C(=O)N[C@@H](C)C(N)=O)[C@@H](C)O. The number of carboxylic acid groups (broad SMARTS) is 1. The molecule has 1 aromatic rings. The molecule has 21 N–H and O–H groups in total. The quantitative estimate of drug-likeness (QED) is 0.0307. The largest absolute Gasteiger partial charge is 0.481 e. The third-order valence-corrected chi connectivity index (χ3v) is 14.0. The number of nitrogens with zero attached hydrogens (tertiary/aromatic N) is 1. The third kappa shape index (κ3) is 30.1. The summed E-state index contributed by atoms with van der Waals surface area (Å²) >= 11 is 0. The van der Waals surface area contributed by atoms with Crippen LogP contribution in [0.15, 0.2) is 12.5 Å². The van der Waals surface area contributed by atoms with E-state index < -0.39 is 149 Å². The lowest BCUT2D eigenvalue weighted by molar-refractivity contribution is -0.138. The Labute approximate surface area is 516 Å². The molecule has 0 aliphatic carbocycles. The number of primary amides is 1. The molecule has 11 atom stereocenters. The molecule has 0 unspecified atom stereocenters. The number of aromatic amines is 1. The maximum Gasteiger partial charge on any atom is 0.303 e. The zero-order valence-electron chi connectivity index (χ0n) is 53.5. The summed E-state index contributed by atoms with van der Waals surface area (Å²) in [7, 11) is 0. The first-order valence-corrected chi connectivity index (χ1v) is 30.4. The number of aromatic nitrogens is 2. The number of carbonyl (C=O) groups excluding carboxylic acids is 11. The molecule has 0 aliphatic rings. The molecule has 0 aromatic carbocycles. The second kappa shape index (κ2) is 39.6. The Balaban J connectivity index is 3.53. The summed E-state index contributed by atoms with van der Waals surface area (Å²) in [5, 5.41) is 46.0. The van der Waals surface area contributed by atoms with Gasteiger partial charge in [-0.1, -0.05) is 55.4 Å². The Morgan fingerprint density at radius 3 is 1.32 bits per heavy atom. The molecule has 500 valence electrons. The fourth-order valence-electron chi connectivity index (χ4n) is 9.07. The lowest BCUT2D eigenvalue weighted by Crippen LogP contribution is -2.63. The molecule has 1 heterocycles. The van der Waals surface area contributed by atoms with Crippen molar-refractivity contribution in [2.24, 2.45) is 46.6 Å². The minimum atomic E-state index is -1.77. The van der Waals surface area contributed by atoms with Gasteiger partial charge in [-0.2, -0.15) is 0 Å². The molecule has 0 bridgehead atoms. The minimum Gasteiger partial charge on any atom is -0.481 e. The number of carbonyl (C=O) groups is 12. The van der Waals surface area contributed by atoms with Crippen molar-refractivity contribution in [3.8, 4) is 0 Å². The van der Waals surface area contributed by atoms with E-state index in [9.17, 15) is 67.7 Å². The highest BCUT2D eigenvalue weighted by Crippen LogP contribution is 2.16. The van der Waals surface area contributed by atoms with Crippen LogP contribution in [-0.4, -0.2) is 176 Å². The lowest BCUT2D eigenvalue weighted by Gasteiger charge is -2.32. The summed E-state index contributed by atoms with van der Waals surface area (Å²) in [6.45, 7) is 20.3. The molecule has 0 spiro atoms. The van der Waals surface area contributed by atoms with Crippen LogP contribution < -0.4 is 76.1 Å². The van der Waals surface area contributed by atoms with E-state index in [1.807, 2.05) is 13.8 Å². The first-order valence-electron chi connectivity index (χ1n) is 30.4. The predicted octanol–water partition coefficient (Wildman–Crippen LogP) is -2.27. The molecule has 1 rings (SSSR count). The maximum absolute atomic E-state index is 14.4. The Hall–Kier alpha value is -7.31. The number of amides is 11. The molecular weight excluding hydrogens is 1140 g/mol. The second-order valence-electron chi connectivity index (χ2n) is 24.8. The van der Waals surface area contributed by atoms with Gasteiger partial charge in [0, 0.05) is 24.7 Å². The zero-order valence-corrected chi connectivity index (χ0v) is 53.5. The van der Waals surface area contributed by atoms with Crippen molar-refractivity contribution in [2.45, 2.75) is 239 Å². The van der Waals surface area contributed by atoms with E-state index in [2.05, 4.69) is 63.1 Å². The second-order valence-corrected chi connectivity index (χ2v) is 24.8. The van der Waals surface area contributed by atoms with Gasteiger partial charge in [0.05, 0.1) is 18.5 Å². The number of hydrogen-bond donors (Lipinski definition) is 17. The minimum absolute atomic E-state index is 0.0262. The van der Waals surface area contributed by atoms with Gasteiger partial charge in [-0.25, -0.2) is 4.98 Å². The van der Waals surface area contributed by atoms with E-state index in [4.69, 9.17) is 22.9 Å². The van der Waals surface area contributed by atoms with Crippen LogP contribution in [0.2, 0.25) is 0 Å². The van der Waals surface area contributed by atoms with E-state index in [0.717, 1.165) is 0 Å². The monoisotopic (exact) mass is 1250 g/mol.